The van der Waals surface area contributed by atoms with E-state index in [0.717, 1.165) is 0 Å². The molecular weight excluding hydrogens is 156 g/mol. The van der Waals surface area contributed by atoms with Crippen molar-refractivity contribution in [1.29, 1.82) is 0 Å². The van der Waals surface area contributed by atoms with Crippen LogP contribution < -0.4 is 5.11 Å². The van der Waals surface area contributed by atoms with Gasteiger partial charge in [-0.15, -0.1) is 5.10 Å². The number of carbonyl (C=O) groups is 1. The predicted octanol–water partition coefficient (Wildman–Crippen LogP) is -0.0365. The molecular formula is C8H9N2O2-. The van der Waals surface area contributed by atoms with Crippen LogP contribution in [0, 0.1) is 0 Å². The monoisotopic (exact) mass is 165 g/mol. The third-order valence-corrected chi connectivity index (χ3v) is 1.57. The number of aromatic carboxylic acids is 1. The molecule has 1 aromatic heterocycles. The van der Waals surface area contributed by atoms with Gasteiger partial charge in [-0.05, 0) is 17.5 Å². The van der Waals surface area contributed by atoms with E-state index in [4.69, 9.17) is 0 Å². The van der Waals surface area contributed by atoms with E-state index in [9.17, 15) is 9.90 Å². The molecule has 1 heterocycles. The molecule has 0 aliphatic heterocycles. The highest BCUT2D eigenvalue weighted by atomic mass is 16.4. The summed E-state index contributed by atoms with van der Waals surface area (Å²) in [6.45, 7) is 3.78. The molecule has 0 aliphatic rings. The minimum absolute atomic E-state index is 0.0625. The summed E-state index contributed by atoms with van der Waals surface area (Å²) in [6.07, 6.45) is 1.47. The molecule has 64 valence electrons. The van der Waals surface area contributed by atoms with Crippen LogP contribution >= 0.6 is 0 Å². The Morgan fingerprint density at radius 1 is 1.58 bits per heavy atom. The lowest BCUT2D eigenvalue weighted by Gasteiger charge is -2.10. The highest BCUT2D eigenvalue weighted by molar-refractivity contribution is 5.85. The second-order valence-electron chi connectivity index (χ2n) is 2.78. The van der Waals surface area contributed by atoms with E-state index in [2.05, 4.69) is 10.2 Å². The van der Waals surface area contributed by atoms with Crippen LogP contribution in [0.5, 0.6) is 0 Å². The molecule has 0 unspecified atom stereocenters. The van der Waals surface area contributed by atoms with Crippen molar-refractivity contribution in [2.45, 2.75) is 19.8 Å². The maximum atomic E-state index is 10.5. The van der Waals surface area contributed by atoms with Gasteiger partial charge in [-0.3, -0.25) is 0 Å². The van der Waals surface area contributed by atoms with Crippen LogP contribution in [0.4, 0.5) is 0 Å². The van der Waals surface area contributed by atoms with Crippen LogP contribution in [-0.4, -0.2) is 16.2 Å². The molecule has 4 heteroatoms. The summed E-state index contributed by atoms with van der Waals surface area (Å²) in [5.74, 6) is -1.15. The fourth-order valence-corrected chi connectivity index (χ4v) is 0.966. The number of nitrogens with zero attached hydrogens (tertiary/aromatic N) is 2. The first-order chi connectivity index (χ1) is 5.63. The molecule has 0 N–H and O–H groups in total. The van der Waals surface area contributed by atoms with Crippen LogP contribution in [0.3, 0.4) is 0 Å². The van der Waals surface area contributed by atoms with E-state index >= 15 is 0 Å². The highest BCUT2D eigenvalue weighted by Gasteiger charge is 2.07. The third kappa shape index (κ3) is 1.58. The number of carbonyl (C=O) groups excluding carboxylic acids is 1. The highest BCUT2D eigenvalue weighted by Crippen LogP contribution is 2.15. The first-order valence-electron chi connectivity index (χ1n) is 3.66. The minimum atomic E-state index is -1.27. The Morgan fingerprint density at radius 3 is 2.67 bits per heavy atom. The van der Waals surface area contributed by atoms with Crippen LogP contribution in [0.15, 0.2) is 12.3 Å². The first kappa shape index (κ1) is 8.64. The molecule has 0 atom stereocenters. The maximum absolute atomic E-state index is 10.5. The van der Waals surface area contributed by atoms with Crippen LogP contribution in [0.25, 0.3) is 0 Å². The van der Waals surface area contributed by atoms with Crippen molar-refractivity contribution in [3.8, 4) is 0 Å². The van der Waals surface area contributed by atoms with Gasteiger partial charge in [0.25, 0.3) is 0 Å². The van der Waals surface area contributed by atoms with Gasteiger partial charge in [0.1, 0.15) is 5.69 Å². The van der Waals surface area contributed by atoms with E-state index in [1.165, 1.54) is 6.20 Å². The van der Waals surface area contributed by atoms with E-state index in [-0.39, 0.29) is 11.6 Å². The van der Waals surface area contributed by atoms with E-state index < -0.39 is 5.97 Å². The van der Waals surface area contributed by atoms with Crippen LogP contribution in [-0.2, 0) is 0 Å². The van der Waals surface area contributed by atoms with Gasteiger partial charge in [-0.1, -0.05) is 13.8 Å². The van der Waals surface area contributed by atoms with Crippen LogP contribution in [0.1, 0.15) is 35.8 Å². The lowest BCUT2D eigenvalue weighted by molar-refractivity contribution is -0.255. The van der Waals surface area contributed by atoms with Gasteiger partial charge >= 0.3 is 0 Å². The van der Waals surface area contributed by atoms with Crippen molar-refractivity contribution >= 4 is 5.97 Å². The Bertz CT molecular complexity index is 297. The quantitative estimate of drug-likeness (QED) is 0.616. The fraction of sp³-hybridized carbons (Fsp3) is 0.375. The molecule has 12 heavy (non-hydrogen) atoms. The Balaban J connectivity index is 3.17. The first-order valence-corrected chi connectivity index (χ1v) is 3.66. The molecule has 0 saturated heterocycles. The number of hydrogen-bond donors (Lipinski definition) is 0. The molecule has 1 aromatic rings. The largest absolute Gasteiger partial charge is 0.543 e. The van der Waals surface area contributed by atoms with Gasteiger partial charge in [0, 0.05) is 6.20 Å². The molecule has 0 amide bonds. The Hall–Kier alpha value is -1.45. The summed E-state index contributed by atoms with van der Waals surface area (Å²) in [6, 6.07) is 1.64. The molecule has 1 rings (SSSR count). The summed E-state index contributed by atoms with van der Waals surface area (Å²) in [4.78, 5) is 10.5. The Labute approximate surface area is 70.3 Å². The van der Waals surface area contributed by atoms with Crippen LogP contribution in [0.2, 0.25) is 0 Å². The minimum Gasteiger partial charge on any atom is -0.543 e. The van der Waals surface area contributed by atoms with Crippen molar-refractivity contribution in [2.24, 2.45) is 0 Å². The Kier molecular flexibility index (Phi) is 2.38. The van der Waals surface area contributed by atoms with Gasteiger partial charge in [0.15, 0.2) is 0 Å². The van der Waals surface area contributed by atoms with Crippen molar-refractivity contribution in [1.82, 2.24) is 10.2 Å². The van der Waals surface area contributed by atoms with E-state index in [1.54, 1.807) is 6.07 Å². The lowest BCUT2D eigenvalue weighted by Crippen LogP contribution is -2.25. The lowest BCUT2D eigenvalue weighted by atomic mass is 10.0. The number of carboxylic acid groups (broad SMARTS) is 1. The average Bonchev–Trinajstić information content (AvgIpc) is 2.04. The van der Waals surface area contributed by atoms with E-state index in [1.807, 2.05) is 13.8 Å². The van der Waals surface area contributed by atoms with Gasteiger partial charge in [0.2, 0.25) is 0 Å². The maximum Gasteiger partial charge on any atom is 0.112 e. The van der Waals surface area contributed by atoms with Crippen molar-refractivity contribution in [3.63, 3.8) is 0 Å². The second-order valence-corrected chi connectivity index (χ2v) is 2.78. The molecule has 0 aromatic carbocycles. The summed E-state index contributed by atoms with van der Waals surface area (Å²) in [7, 11) is 0. The number of hydrogen-bond acceptors (Lipinski definition) is 4. The average molecular weight is 165 g/mol. The number of aromatic nitrogens is 2. The Morgan fingerprint density at radius 2 is 2.25 bits per heavy atom. The number of carboxylic acids is 1. The summed E-state index contributed by atoms with van der Waals surface area (Å²) >= 11 is 0. The van der Waals surface area contributed by atoms with Crippen molar-refractivity contribution < 1.29 is 9.90 Å². The topological polar surface area (TPSA) is 65.9 Å². The van der Waals surface area contributed by atoms with E-state index in [0.29, 0.717) is 5.56 Å². The third-order valence-electron chi connectivity index (χ3n) is 1.57. The SMILES string of the molecule is CC(C)c1ccnnc1C(=O)[O-]. The fourth-order valence-electron chi connectivity index (χ4n) is 0.966. The smallest absolute Gasteiger partial charge is 0.112 e. The molecule has 0 aliphatic carbocycles. The molecule has 4 nitrogen and oxygen atoms in total. The zero-order chi connectivity index (χ0) is 9.14. The zero-order valence-corrected chi connectivity index (χ0v) is 6.94. The van der Waals surface area contributed by atoms with Gasteiger partial charge in [0.05, 0.1) is 5.97 Å². The van der Waals surface area contributed by atoms with Crippen molar-refractivity contribution in [2.75, 3.05) is 0 Å². The molecule has 0 fully saturated rings. The summed E-state index contributed by atoms with van der Waals surface area (Å²) in [5.41, 5.74) is 0.595. The summed E-state index contributed by atoms with van der Waals surface area (Å²) in [5, 5.41) is 17.5. The molecule has 0 saturated carbocycles. The molecule has 0 bridgehead atoms. The normalized spacial score (nSPS) is 10.2. The van der Waals surface area contributed by atoms with Crippen molar-refractivity contribution in [3.05, 3.63) is 23.5 Å². The summed E-state index contributed by atoms with van der Waals surface area (Å²) < 4.78 is 0. The predicted molar refractivity (Wildman–Crippen MR) is 40.5 cm³/mol. The molecule has 0 spiro atoms. The standard InChI is InChI=1S/C8H10N2O2/c1-5(2)6-3-4-9-10-7(6)8(11)12/h3-5H,1-2H3,(H,11,12)/p-1. The molecule has 0 radical (unpaired) electrons. The van der Waals surface area contributed by atoms with Gasteiger partial charge < -0.3 is 9.90 Å². The number of rotatable bonds is 2. The van der Waals surface area contributed by atoms with Gasteiger partial charge in [-0.25, -0.2) is 0 Å². The second kappa shape index (κ2) is 3.30. The zero-order valence-electron chi connectivity index (χ0n) is 6.94. The van der Waals surface area contributed by atoms with Gasteiger partial charge in [-0.2, -0.15) is 5.10 Å².